The smallest absolute Gasteiger partial charge is 0.326 e. The number of imidazole rings is 1. The highest BCUT2D eigenvalue weighted by Crippen LogP contribution is 2.28. The molecule has 1 unspecified atom stereocenters. The Labute approximate surface area is 147 Å². The molecule has 2 aromatic rings. The van der Waals surface area contributed by atoms with E-state index in [9.17, 15) is 9.59 Å². The van der Waals surface area contributed by atoms with Gasteiger partial charge in [0, 0.05) is 19.1 Å². The Balaban J connectivity index is 1.49. The van der Waals surface area contributed by atoms with Crippen molar-refractivity contribution in [3.8, 4) is 0 Å². The molecular weight excluding hydrogens is 316 g/mol. The van der Waals surface area contributed by atoms with E-state index in [1.54, 1.807) is 0 Å². The average molecular weight is 342 g/mol. The van der Waals surface area contributed by atoms with E-state index in [1.807, 2.05) is 40.7 Å². The van der Waals surface area contributed by atoms with Crippen LogP contribution in [0.2, 0.25) is 0 Å². The van der Waals surface area contributed by atoms with E-state index in [0.717, 1.165) is 49.7 Å². The molecule has 0 saturated carbocycles. The molecule has 1 aromatic heterocycles. The van der Waals surface area contributed by atoms with E-state index in [1.165, 1.54) is 0 Å². The Bertz CT molecular complexity index is 823. The van der Waals surface area contributed by atoms with Gasteiger partial charge in [-0.1, -0.05) is 12.1 Å². The third-order valence-corrected chi connectivity index (χ3v) is 5.83. The monoisotopic (exact) mass is 342 g/mol. The maximum Gasteiger partial charge on any atom is 0.326 e. The van der Waals surface area contributed by atoms with Crippen LogP contribution in [0, 0.1) is 0 Å². The topological polar surface area (TPSA) is 70.1 Å². The second-order valence-corrected chi connectivity index (χ2v) is 7.56. The highest BCUT2D eigenvalue weighted by Gasteiger charge is 2.38. The summed E-state index contributed by atoms with van der Waals surface area (Å²) in [7, 11) is 0. The number of amides is 1. The van der Waals surface area contributed by atoms with Gasteiger partial charge in [0.25, 0.3) is 0 Å². The molecule has 2 N–H and O–H groups in total. The van der Waals surface area contributed by atoms with Crippen molar-refractivity contribution in [2.24, 2.45) is 0 Å². The normalized spacial score (nSPS) is 25.4. The quantitative estimate of drug-likeness (QED) is 0.877. The average Bonchev–Trinajstić information content (AvgIpc) is 2.97. The maximum absolute atomic E-state index is 12.9. The van der Waals surface area contributed by atoms with Gasteiger partial charge >= 0.3 is 5.69 Å². The van der Waals surface area contributed by atoms with Gasteiger partial charge in [0.15, 0.2) is 0 Å². The van der Waals surface area contributed by atoms with E-state index in [-0.39, 0.29) is 17.6 Å². The zero-order chi connectivity index (χ0) is 17.4. The van der Waals surface area contributed by atoms with Crippen LogP contribution < -0.4 is 11.0 Å². The summed E-state index contributed by atoms with van der Waals surface area (Å²) in [4.78, 5) is 30.2. The van der Waals surface area contributed by atoms with Crippen LogP contribution in [-0.4, -0.2) is 45.5 Å². The van der Waals surface area contributed by atoms with Crippen LogP contribution in [-0.2, 0) is 4.79 Å². The highest BCUT2D eigenvalue weighted by molar-refractivity contribution is 5.86. The lowest BCUT2D eigenvalue weighted by atomic mass is 9.88. The maximum atomic E-state index is 12.9. The number of carbonyl (C=O) groups is 1. The summed E-state index contributed by atoms with van der Waals surface area (Å²) < 4.78 is 1.87. The van der Waals surface area contributed by atoms with Gasteiger partial charge in [-0.3, -0.25) is 9.36 Å². The van der Waals surface area contributed by atoms with Crippen molar-refractivity contribution in [1.29, 1.82) is 0 Å². The minimum Gasteiger partial charge on any atom is -0.341 e. The van der Waals surface area contributed by atoms with Gasteiger partial charge in [-0.15, -0.1) is 0 Å². The van der Waals surface area contributed by atoms with Crippen molar-refractivity contribution < 1.29 is 4.79 Å². The number of aromatic amines is 1. The Hall–Kier alpha value is -2.08. The van der Waals surface area contributed by atoms with Crippen molar-refractivity contribution in [2.45, 2.75) is 50.6 Å². The number of piperidine rings is 2. The summed E-state index contributed by atoms with van der Waals surface area (Å²) in [5.41, 5.74) is 1.37. The predicted octanol–water partition coefficient (Wildman–Crippen LogP) is 2.03. The van der Waals surface area contributed by atoms with Gasteiger partial charge in [-0.25, -0.2) is 4.79 Å². The first kappa shape index (κ1) is 16.4. The van der Waals surface area contributed by atoms with Crippen molar-refractivity contribution in [1.82, 2.24) is 19.8 Å². The molecule has 1 atom stereocenters. The summed E-state index contributed by atoms with van der Waals surface area (Å²) in [6.07, 6.45) is 4.81. The van der Waals surface area contributed by atoms with Gasteiger partial charge in [-0.2, -0.15) is 0 Å². The highest BCUT2D eigenvalue weighted by atomic mass is 16.2. The number of para-hydroxylation sites is 2. The summed E-state index contributed by atoms with van der Waals surface area (Å²) in [5, 5.41) is 3.41. The zero-order valence-corrected chi connectivity index (χ0v) is 14.8. The fourth-order valence-electron chi connectivity index (χ4n) is 4.35. The predicted molar refractivity (Wildman–Crippen MR) is 97.7 cm³/mol. The largest absolute Gasteiger partial charge is 0.341 e. The summed E-state index contributed by atoms with van der Waals surface area (Å²) >= 11 is 0. The number of hydrogen-bond donors (Lipinski definition) is 2. The third-order valence-electron chi connectivity index (χ3n) is 5.83. The lowest BCUT2D eigenvalue weighted by Gasteiger charge is -2.41. The molecule has 0 radical (unpaired) electrons. The van der Waals surface area contributed by atoms with Crippen LogP contribution in [0.15, 0.2) is 29.1 Å². The first-order chi connectivity index (χ1) is 12.1. The number of carbonyl (C=O) groups excluding carboxylic acids is 1. The van der Waals surface area contributed by atoms with Crippen molar-refractivity contribution in [3.63, 3.8) is 0 Å². The summed E-state index contributed by atoms with van der Waals surface area (Å²) in [6.45, 7) is 4.38. The molecule has 3 heterocycles. The Kier molecular flexibility index (Phi) is 4.15. The standard InChI is InChI=1S/C19H26N4O2/c1-19(10-4-5-11-20-19)17(24)22-12-8-14(9-13-22)23-16-7-3-2-6-15(16)21-18(23)25/h2-3,6-7,14,20H,4-5,8-13H2,1H3,(H,21,25). The molecule has 2 fully saturated rings. The van der Waals surface area contributed by atoms with Crippen LogP contribution in [0.3, 0.4) is 0 Å². The Morgan fingerprint density at radius 3 is 2.68 bits per heavy atom. The van der Waals surface area contributed by atoms with E-state index < -0.39 is 5.54 Å². The van der Waals surface area contributed by atoms with Gasteiger partial charge in [0.05, 0.1) is 16.6 Å². The number of benzene rings is 1. The number of hydrogen-bond acceptors (Lipinski definition) is 3. The van der Waals surface area contributed by atoms with E-state index in [2.05, 4.69) is 10.3 Å². The number of likely N-dealkylation sites (tertiary alicyclic amines) is 1. The number of nitrogens with zero attached hydrogens (tertiary/aromatic N) is 2. The molecule has 134 valence electrons. The molecule has 2 aliphatic heterocycles. The summed E-state index contributed by atoms with van der Waals surface area (Å²) in [5.74, 6) is 0.219. The number of rotatable bonds is 2. The lowest BCUT2D eigenvalue weighted by molar-refractivity contribution is -0.140. The van der Waals surface area contributed by atoms with Crippen molar-refractivity contribution in [3.05, 3.63) is 34.7 Å². The molecule has 25 heavy (non-hydrogen) atoms. The fraction of sp³-hybridized carbons (Fsp3) is 0.579. The first-order valence-corrected chi connectivity index (χ1v) is 9.32. The van der Waals surface area contributed by atoms with Crippen LogP contribution in [0.1, 0.15) is 45.1 Å². The second kappa shape index (κ2) is 6.33. The molecule has 0 aliphatic carbocycles. The van der Waals surface area contributed by atoms with Crippen LogP contribution in [0.5, 0.6) is 0 Å². The Morgan fingerprint density at radius 1 is 1.20 bits per heavy atom. The molecule has 0 spiro atoms. The lowest BCUT2D eigenvalue weighted by Crippen LogP contribution is -2.59. The molecule has 1 amide bonds. The molecule has 1 aromatic carbocycles. The van der Waals surface area contributed by atoms with Crippen molar-refractivity contribution in [2.75, 3.05) is 19.6 Å². The van der Waals surface area contributed by atoms with Gasteiger partial charge in [-0.05, 0) is 57.7 Å². The summed E-state index contributed by atoms with van der Waals surface area (Å²) in [6, 6.07) is 7.96. The molecule has 0 bridgehead atoms. The minimum absolute atomic E-state index is 0.0492. The van der Waals surface area contributed by atoms with E-state index >= 15 is 0 Å². The minimum atomic E-state index is -0.414. The van der Waals surface area contributed by atoms with Gasteiger partial charge in [0.2, 0.25) is 5.91 Å². The second-order valence-electron chi connectivity index (χ2n) is 7.56. The molecule has 4 rings (SSSR count). The molecular formula is C19H26N4O2. The van der Waals surface area contributed by atoms with E-state index in [0.29, 0.717) is 13.1 Å². The molecule has 2 aliphatic rings. The zero-order valence-electron chi connectivity index (χ0n) is 14.8. The molecule has 2 saturated heterocycles. The van der Waals surface area contributed by atoms with Gasteiger partial charge in [0.1, 0.15) is 0 Å². The fourth-order valence-corrected chi connectivity index (χ4v) is 4.35. The molecule has 6 heteroatoms. The molecule has 6 nitrogen and oxygen atoms in total. The number of H-pyrrole nitrogens is 1. The SMILES string of the molecule is CC1(C(=O)N2CCC(n3c(=O)[nH]c4ccccc43)CC2)CCCCN1. The third kappa shape index (κ3) is 2.88. The number of aromatic nitrogens is 2. The van der Waals surface area contributed by atoms with Crippen LogP contribution >= 0.6 is 0 Å². The number of nitrogens with one attached hydrogen (secondary N) is 2. The van der Waals surface area contributed by atoms with Gasteiger partial charge < -0.3 is 15.2 Å². The number of fused-ring (bicyclic) bond motifs is 1. The van der Waals surface area contributed by atoms with E-state index in [4.69, 9.17) is 0 Å². The van der Waals surface area contributed by atoms with Crippen molar-refractivity contribution >= 4 is 16.9 Å². The first-order valence-electron chi connectivity index (χ1n) is 9.32. The van der Waals surface area contributed by atoms with Crippen LogP contribution in [0.25, 0.3) is 11.0 Å². The van der Waals surface area contributed by atoms with Crippen LogP contribution in [0.4, 0.5) is 0 Å². The Morgan fingerprint density at radius 2 is 1.96 bits per heavy atom.